The first kappa shape index (κ1) is 16.6. The van der Waals surface area contributed by atoms with Crippen molar-refractivity contribution < 1.29 is 12.6 Å². The second-order valence-electron chi connectivity index (χ2n) is 5.57. The third kappa shape index (κ3) is 4.14. The van der Waals surface area contributed by atoms with Crippen molar-refractivity contribution in [1.29, 1.82) is 0 Å². The lowest BCUT2D eigenvalue weighted by Gasteiger charge is -2.20. The predicted molar refractivity (Wildman–Crippen MR) is 85.7 cm³/mol. The molecule has 3 atom stereocenters. The first-order chi connectivity index (χ1) is 9.93. The van der Waals surface area contributed by atoms with E-state index in [2.05, 4.69) is 12.2 Å². The standard InChI is InChI=1S/C15H23NO3S2/c1-3-11-16-14-5-4-6-15(14)20(17)12-7-9-13(10-8-12)21(2,18)19/h7-10,14-16H,3-6,11H2,1-2H3. The van der Waals surface area contributed by atoms with E-state index in [9.17, 15) is 12.6 Å². The van der Waals surface area contributed by atoms with E-state index in [1.165, 1.54) is 6.26 Å². The summed E-state index contributed by atoms with van der Waals surface area (Å²) in [5, 5.41) is 3.60. The molecule has 1 saturated carbocycles. The van der Waals surface area contributed by atoms with Crippen molar-refractivity contribution in [2.24, 2.45) is 0 Å². The molecule has 3 unspecified atom stereocenters. The molecule has 1 aliphatic rings. The van der Waals surface area contributed by atoms with Crippen LogP contribution in [0.1, 0.15) is 32.6 Å². The molecule has 21 heavy (non-hydrogen) atoms. The van der Waals surface area contributed by atoms with Crippen LogP contribution >= 0.6 is 0 Å². The zero-order chi connectivity index (χ0) is 15.5. The summed E-state index contributed by atoms with van der Waals surface area (Å²) in [6, 6.07) is 6.77. The highest BCUT2D eigenvalue weighted by molar-refractivity contribution is 7.90. The van der Waals surface area contributed by atoms with E-state index in [1.54, 1.807) is 24.3 Å². The fraction of sp³-hybridized carbons (Fsp3) is 0.600. The van der Waals surface area contributed by atoms with Crippen molar-refractivity contribution in [2.75, 3.05) is 12.8 Å². The predicted octanol–water partition coefficient (Wildman–Crippen LogP) is 2.12. The number of rotatable bonds is 6. The van der Waals surface area contributed by atoms with E-state index in [4.69, 9.17) is 0 Å². The largest absolute Gasteiger partial charge is 0.313 e. The molecule has 0 saturated heterocycles. The molecule has 1 fully saturated rings. The third-order valence-corrected chi connectivity index (χ3v) is 6.85. The second kappa shape index (κ2) is 7.03. The Morgan fingerprint density at radius 3 is 2.48 bits per heavy atom. The van der Waals surface area contributed by atoms with E-state index >= 15 is 0 Å². The van der Waals surface area contributed by atoms with Gasteiger partial charge in [0.05, 0.1) is 20.9 Å². The maximum Gasteiger partial charge on any atom is 0.175 e. The summed E-state index contributed by atoms with van der Waals surface area (Å²) in [7, 11) is -4.28. The first-order valence-corrected chi connectivity index (χ1v) is 10.5. The number of sulfone groups is 1. The molecule has 0 aromatic heterocycles. The van der Waals surface area contributed by atoms with Gasteiger partial charge in [-0.15, -0.1) is 0 Å². The van der Waals surface area contributed by atoms with Crippen molar-refractivity contribution in [3.05, 3.63) is 24.3 Å². The number of nitrogens with one attached hydrogen (secondary N) is 1. The van der Waals surface area contributed by atoms with Gasteiger partial charge in [-0.05, 0) is 50.1 Å². The van der Waals surface area contributed by atoms with Gasteiger partial charge in [-0.1, -0.05) is 13.3 Å². The molecule has 0 radical (unpaired) electrons. The van der Waals surface area contributed by atoms with E-state index in [-0.39, 0.29) is 10.1 Å². The summed E-state index contributed by atoms with van der Waals surface area (Å²) < 4.78 is 35.6. The van der Waals surface area contributed by atoms with Crippen molar-refractivity contribution in [2.45, 2.75) is 53.7 Å². The summed E-state index contributed by atoms with van der Waals surface area (Å²) >= 11 is 0. The van der Waals surface area contributed by atoms with Gasteiger partial charge in [0, 0.05) is 17.2 Å². The summed E-state index contributed by atoms with van der Waals surface area (Å²) in [4.78, 5) is 0.993. The highest BCUT2D eigenvalue weighted by Crippen LogP contribution is 2.28. The Balaban J connectivity index is 2.12. The molecule has 1 aliphatic carbocycles. The Morgan fingerprint density at radius 1 is 1.24 bits per heavy atom. The molecule has 0 bridgehead atoms. The van der Waals surface area contributed by atoms with Gasteiger partial charge in [0.15, 0.2) is 9.84 Å². The minimum Gasteiger partial charge on any atom is -0.313 e. The highest BCUT2D eigenvalue weighted by Gasteiger charge is 2.32. The zero-order valence-electron chi connectivity index (χ0n) is 12.5. The molecule has 1 aromatic carbocycles. The van der Waals surface area contributed by atoms with Crippen LogP contribution in [0, 0.1) is 0 Å². The van der Waals surface area contributed by atoms with Crippen molar-refractivity contribution in [1.82, 2.24) is 5.32 Å². The second-order valence-corrected chi connectivity index (χ2v) is 9.26. The lowest BCUT2D eigenvalue weighted by molar-refractivity contribution is 0.523. The van der Waals surface area contributed by atoms with Crippen molar-refractivity contribution in [3.63, 3.8) is 0 Å². The van der Waals surface area contributed by atoms with Crippen LogP contribution < -0.4 is 5.32 Å². The SMILES string of the molecule is CCCNC1CCCC1S(=O)c1ccc(S(C)(=O)=O)cc1. The van der Waals surface area contributed by atoms with Gasteiger partial charge in [0.1, 0.15) is 0 Å². The number of hydrogen-bond donors (Lipinski definition) is 1. The van der Waals surface area contributed by atoms with Crippen LogP contribution in [0.3, 0.4) is 0 Å². The molecule has 0 heterocycles. The highest BCUT2D eigenvalue weighted by atomic mass is 32.2. The molecule has 118 valence electrons. The molecule has 0 spiro atoms. The fourth-order valence-corrected chi connectivity index (χ4v) is 5.04. The monoisotopic (exact) mass is 329 g/mol. The van der Waals surface area contributed by atoms with Crippen LogP contribution in [0.25, 0.3) is 0 Å². The van der Waals surface area contributed by atoms with Gasteiger partial charge in [-0.3, -0.25) is 4.21 Å². The van der Waals surface area contributed by atoms with Crippen LogP contribution in [-0.4, -0.2) is 36.7 Å². The summed E-state index contributed by atoms with van der Waals surface area (Å²) in [5.41, 5.74) is 0. The quantitative estimate of drug-likeness (QED) is 0.868. The molecule has 6 heteroatoms. The Kier molecular flexibility index (Phi) is 5.57. The van der Waals surface area contributed by atoms with Gasteiger partial charge in [-0.2, -0.15) is 0 Å². The van der Waals surface area contributed by atoms with Crippen LogP contribution in [-0.2, 0) is 20.6 Å². The lowest BCUT2D eigenvalue weighted by Crippen LogP contribution is -2.38. The molecule has 0 aliphatic heterocycles. The van der Waals surface area contributed by atoms with Crippen LogP contribution in [0.2, 0.25) is 0 Å². The Morgan fingerprint density at radius 2 is 1.90 bits per heavy atom. The molecular formula is C15H23NO3S2. The van der Waals surface area contributed by atoms with Crippen LogP contribution in [0.15, 0.2) is 34.1 Å². The lowest BCUT2D eigenvalue weighted by atomic mass is 10.2. The van der Waals surface area contributed by atoms with E-state index < -0.39 is 20.6 Å². The average molecular weight is 329 g/mol. The Labute approximate surface area is 129 Å². The topological polar surface area (TPSA) is 63.2 Å². The maximum atomic E-state index is 12.7. The Bertz CT molecular complexity index is 596. The zero-order valence-corrected chi connectivity index (χ0v) is 14.2. The molecule has 2 rings (SSSR count). The maximum absolute atomic E-state index is 12.7. The van der Waals surface area contributed by atoms with E-state index in [1.807, 2.05) is 0 Å². The summed E-state index contributed by atoms with van der Waals surface area (Å²) in [6.07, 6.45) is 5.37. The number of hydrogen-bond acceptors (Lipinski definition) is 4. The minimum absolute atomic E-state index is 0.126. The van der Waals surface area contributed by atoms with Crippen LogP contribution in [0.4, 0.5) is 0 Å². The Hall–Kier alpha value is -0.720. The number of benzene rings is 1. The van der Waals surface area contributed by atoms with Crippen molar-refractivity contribution >= 4 is 20.6 Å². The third-order valence-electron chi connectivity index (χ3n) is 3.87. The molecule has 4 nitrogen and oxygen atoms in total. The minimum atomic E-state index is -3.20. The molecule has 1 N–H and O–H groups in total. The van der Waals surface area contributed by atoms with Gasteiger partial charge < -0.3 is 5.32 Å². The van der Waals surface area contributed by atoms with Gasteiger partial charge in [0.25, 0.3) is 0 Å². The van der Waals surface area contributed by atoms with Gasteiger partial charge in [0.2, 0.25) is 0 Å². The average Bonchev–Trinajstić information content (AvgIpc) is 2.92. The summed E-state index contributed by atoms with van der Waals surface area (Å²) in [6.45, 7) is 3.07. The fourth-order valence-electron chi connectivity index (χ4n) is 2.74. The smallest absolute Gasteiger partial charge is 0.175 e. The van der Waals surface area contributed by atoms with Gasteiger partial charge >= 0.3 is 0 Å². The van der Waals surface area contributed by atoms with E-state index in [0.29, 0.717) is 6.04 Å². The molecule has 0 amide bonds. The van der Waals surface area contributed by atoms with Crippen molar-refractivity contribution in [3.8, 4) is 0 Å². The summed E-state index contributed by atoms with van der Waals surface area (Å²) in [5.74, 6) is 0. The normalized spacial score (nSPS) is 24.1. The first-order valence-electron chi connectivity index (χ1n) is 7.37. The van der Waals surface area contributed by atoms with Crippen LogP contribution in [0.5, 0.6) is 0 Å². The molecule has 1 aromatic rings. The molecular weight excluding hydrogens is 306 g/mol. The van der Waals surface area contributed by atoms with E-state index in [0.717, 1.165) is 37.1 Å². The van der Waals surface area contributed by atoms with Gasteiger partial charge in [-0.25, -0.2) is 8.42 Å².